The topological polar surface area (TPSA) is 83.8 Å². The molecule has 2 aliphatic rings. The van der Waals surface area contributed by atoms with Crippen LogP contribution in [0.4, 0.5) is 0 Å². The van der Waals surface area contributed by atoms with Crippen LogP contribution in [0.1, 0.15) is 65.8 Å². The lowest BCUT2D eigenvalue weighted by Crippen LogP contribution is -2.46. The number of aromatic nitrogens is 1. The molecule has 0 atom stereocenters. The Morgan fingerprint density at radius 3 is 2.53 bits per heavy atom. The van der Waals surface area contributed by atoms with E-state index in [9.17, 15) is 14.4 Å². The van der Waals surface area contributed by atoms with Crippen molar-refractivity contribution in [3.05, 3.63) is 51.3 Å². The minimum Gasteiger partial charge on any atom is -0.493 e. The third-order valence-electron chi connectivity index (χ3n) is 6.47. The number of fused-ring (bicyclic) bond motifs is 4. The molecule has 1 saturated carbocycles. The number of ether oxygens (including phenoxy) is 3. The van der Waals surface area contributed by atoms with Crippen molar-refractivity contribution in [3.63, 3.8) is 0 Å². The molecule has 0 radical (unpaired) electrons. The Morgan fingerprint density at radius 1 is 1.12 bits per heavy atom. The molecule has 2 aromatic rings. The number of benzene rings is 1. The van der Waals surface area contributed by atoms with Gasteiger partial charge in [0.05, 0.1) is 24.5 Å². The van der Waals surface area contributed by atoms with Crippen molar-refractivity contribution in [2.75, 3.05) is 26.9 Å². The molecule has 32 heavy (non-hydrogen) atoms. The number of rotatable bonds is 8. The third kappa shape index (κ3) is 3.86. The number of carbonyl (C=O) groups excluding carboxylic acids is 2. The fourth-order valence-electron chi connectivity index (χ4n) is 4.72. The molecule has 0 bridgehead atoms. The van der Waals surface area contributed by atoms with Crippen molar-refractivity contribution in [2.45, 2.75) is 51.5 Å². The Balaban J connectivity index is 1.82. The maximum atomic E-state index is 12.8. The molecule has 1 aromatic heterocycles. The highest BCUT2D eigenvalue weighted by Crippen LogP contribution is 2.49. The molecule has 4 rings (SSSR count). The van der Waals surface area contributed by atoms with Crippen molar-refractivity contribution in [3.8, 4) is 17.0 Å². The first kappa shape index (κ1) is 22.3. The van der Waals surface area contributed by atoms with Crippen molar-refractivity contribution in [1.82, 2.24) is 4.57 Å². The first-order valence-corrected chi connectivity index (χ1v) is 11.1. The van der Waals surface area contributed by atoms with Crippen LogP contribution in [0.2, 0.25) is 0 Å². The van der Waals surface area contributed by atoms with Crippen LogP contribution in [0, 0.1) is 0 Å². The van der Waals surface area contributed by atoms with Gasteiger partial charge in [0.2, 0.25) is 0 Å². The lowest BCUT2D eigenvalue weighted by atomic mass is 9.69. The van der Waals surface area contributed by atoms with Crippen molar-refractivity contribution in [2.24, 2.45) is 0 Å². The third-order valence-corrected chi connectivity index (χ3v) is 6.47. The zero-order valence-electron chi connectivity index (χ0n) is 18.9. The van der Waals surface area contributed by atoms with E-state index < -0.39 is 5.97 Å². The maximum Gasteiger partial charge on any atom is 0.343 e. The molecule has 0 saturated heterocycles. The molecule has 1 aliphatic heterocycles. The van der Waals surface area contributed by atoms with Crippen LogP contribution < -0.4 is 10.2 Å². The van der Waals surface area contributed by atoms with E-state index in [1.807, 2.05) is 12.1 Å². The molecule has 2 heterocycles. The number of ketones is 1. The van der Waals surface area contributed by atoms with Gasteiger partial charge in [-0.25, -0.2) is 4.79 Å². The number of nitrogens with zero attached hydrogens (tertiary/aromatic N) is 1. The zero-order chi connectivity index (χ0) is 22.9. The summed E-state index contributed by atoms with van der Waals surface area (Å²) < 4.78 is 18.2. The fraction of sp³-hybridized carbons (Fsp3) is 0.480. The summed E-state index contributed by atoms with van der Waals surface area (Å²) in [6.07, 6.45) is 6.14. The van der Waals surface area contributed by atoms with Crippen LogP contribution in [-0.2, 0) is 21.4 Å². The number of hydrogen-bond donors (Lipinski definition) is 0. The first-order valence-electron chi connectivity index (χ1n) is 11.1. The van der Waals surface area contributed by atoms with Gasteiger partial charge in [0.25, 0.3) is 0 Å². The predicted molar refractivity (Wildman–Crippen MR) is 120 cm³/mol. The average Bonchev–Trinajstić information content (AvgIpc) is 2.74. The smallest absolute Gasteiger partial charge is 0.343 e. The van der Waals surface area contributed by atoms with Crippen LogP contribution in [0.15, 0.2) is 29.2 Å². The highest BCUT2D eigenvalue weighted by molar-refractivity contribution is 5.98. The molecule has 0 N–H and O–H groups in total. The van der Waals surface area contributed by atoms with Gasteiger partial charge in [0, 0.05) is 43.5 Å². The standard InChI is InChI=1S/C25H29NO6/c1-4-31-24(29)20-15-26-21(13-22(20)28)19-12-18(16(2)27)23(32-10-6-9-30-3)11-17(19)14-25(26)7-5-8-25/h11-13,15H,4-10,14H2,1-3H3. The second-order valence-electron chi connectivity index (χ2n) is 8.54. The molecule has 1 aromatic carbocycles. The molecule has 1 fully saturated rings. The minimum absolute atomic E-state index is 0.0511. The Morgan fingerprint density at radius 2 is 1.91 bits per heavy atom. The predicted octanol–water partition coefficient (Wildman–Crippen LogP) is 3.75. The van der Waals surface area contributed by atoms with Gasteiger partial charge in [0.15, 0.2) is 11.2 Å². The highest BCUT2D eigenvalue weighted by Gasteiger charge is 2.43. The molecular weight excluding hydrogens is 410 g/mol. The van der Waals surface area contributed by atoms with Crippen LogP contribution >= 0.6 is 0 Å². The van der Waals surface area contributed by atoms with Gasteiger partial charge in [-0.3, -0.25) is 9.59 Å². The molecule has 1 spiro atoms. The summed E-state index contributed by atoms with van der Waals surface area (Å²) >= 11 is 0. The Bertz CT molecular complexity index is 1110. The Kier molecular flexibility index (Phi) is 6.20. The van der Waals surface area contributed by atoms with Crippen LogP contribution in [0.25, 0.3) is 11.3 Å². The van der Waals surface area contributed by atoms with Gasteiger partial charge in [-0.1, -0.05) is 0 Å². The van der Waals surface area contributed by atoms with Gasteiger partial charge in [-0.05, 0) is 57.2 Å². The van der Waals surface area contributed by atoms with Crippen molar-refractivity contribution in [1.29, 1.82) is 0 Å². The molecule has 0 unspecified atom stereocenters. The number of hydrogen-bond acceptors (Lipinski definition) is 6. The number of Topliss-reactive ketones (excluding diaryl/α,β-unsaturated/α-hetero) is 1. The number of esters is 1. The lowest BCUT2D eigenvalue weighted by Gasteiger charge is -2.48. The average molecular weight is 440 g/mol. The monoisotopic (exact) mass is 439 g/mol. The quantitative estimate of drug-likeness (QED) is 0.354. The zero-order valence-corrected chi connectivity index (χ0v) is 18.9. The normalized spacial score (nSPS) is 15.5. The second kappa shape index (κ2) is 8.90. The lowest BCUT2D eigenvalue weighted by molar-refractivity contribution is 0.0521. The van der Waals surface area contributed by atoms with E-state index in [0.29, 0.717) is 24.5 Å². The van der Waals surface area contributed by atoms with Gasteiger partial charge < -0.3 is 18.8 Å². The van der Waals surface area contributed by atoms with E-state index in [4.69, 9.17) is 14.2 Å². The SMILES string of the molecule is CCOC(=O)c1cn2c(cc1=O)-c1cc(C(C)=O)c(OCCCOC)cc1CC21CCC1. The summed E-state index contributed by atoms with van der Waals surface area (Å²) in [6, 6.07) is 5.28. The van der Waals surface area contributed by atoms with Gasteiger partial charge >= 0.3 is 5.97 Å². The number of pyridine rings is 1. The maximum absolute atomic E-state index is 12.8. The summed E-state index contributed by atoms with van der Waals surface area (Å²) in [6.45, 7) is 4.48. The largest absolute Gasteiger partial charge is 0.493 e. The molecule has 0 amide bonds. The van der Waals surface area contributed by atoms with Crippen LogP contribution in [0.5, 0.6) is 5.75 Å². The number of carbonyl (C=O) groups is 2. The molecular formula is C25H29NO6. The van der Waals surface area contributed by atoms with E-state index in [-0.39, 0.29) is 28.9 Å². The van der Waals surface area contributed by atoms with Crippen LogP contribution in [-0.4, -0.2) is 43.3 Å². The van der Waals surface area contributed by atoms with E-state index in [1.165, 1.54) is 13.0 Å². The van der Waals surface area contributed by atoms with Gasteiger partial charge in [-0.2, -0.15) is 0 Å². The first-order chi connectivity index (χ1) is 15.4. The highest BCUT2D eigenvalue weighted by atomic mass is 16.5. The number of methoxy groups -OCH3 is 1. The van der Waals surface area contributed by atoms with E-state index in [0.717, 1.165) is 48.9 Å². The Hall–Kier alpha value is -2.93. The summed E-state index contributed by atoms with van der Waals surface area (Å²) in [4.78, 5) is 37.5. The second-order valence-corrected chi connectivity index (χ2v) is 8.54. The molecule has 7 nitrogen and oxygen atoms in total. The van der Waals surface area contributed by atoms with Crippen molar-refractivity contribution < 1.29 is 23.8 Å². The molecule has 7 heteroatoms. The van der Waals surface area contributed by atoms with Crippen molar-refractivity contribution >= 4 is 11.8 Å². The minimum atomic E-state index is -0.600. The molecule has 1 aliphatic carbocycles. The Labute approximate surface area is 187 Å². The van der Waals surface area contributed by atoms with Crippen LogP contribution in [0.3, 0.4) is 0 Å². The van der Waals surface area contributed by atoms with Gasteiger partial charge in [-0.15, -0.1) is 0 Å². The molecule has 170 valence electrons. The van der Waals surface area contributed by atoms with E-state index >= 15 is 0 Å². The summed E-state index contributed by atoms with van der Waals surface area (Å²) in [5.41, 5.74) is 2.61. The fourth-order valence-corrected chi connectivity index (χ4v) is 4.72. The van der Waals surface area contributed by atoms with E-state index in [1.54, 1.807) is 20.2 Å². The van der Waals surface area contributed by atoms with E-state index in [2.05, 4.69) is 4.57 Å². The summed E-state index contributed by atoms with van der Waals surface area (Å²) in [5.74, 6) is -0.131. The van der Waals surface area contributed by atoms with Gasteiger partial charge in [0.1, 0.15) is 11.3 Å². The summed E-state index contributed by atoms with van der Waals surface area (Å²) in [5, 5.41) is 0. The summed E-state index contributed by atoms with van der Waals surface area (Å²) in [7, 11) is 1.64.